The van der Waals surface area contributed by atoms with Crippen molar-refractivity contribution < 1.29 is 19.4 Å². The predicted molar refractivity (Wildman–Crippen MR) is 127 cm³/mol. The average molecular weight is 432 g/mol. The molecule has 1 atom stereocenters. The fraction of sp³-hybridized carbons (Fsp3) is 0.296. The molecule has 1 N–H and O–H groups in total. The van der Waals surface area contributed by atoms with Crippen LogP contribution in [-0.2, 0) is 11.4 Å². The Hall–Kier alpha value is -3.47. The Morgan fingerprint density at radius 3 is 2.72 bits per heavy atom. The standard InChI is InChI=1S/C27H29NO4/c1-19-15-20(12-13-24(19)21-7-5-9-23(16-21)31-2)18-32-26-11-4-3-10-25(26)28-14-6-8-22(28)17-27(29)30/h3-5,7,9-13,15-16,22H,6,8,14,17-18H2,1-2H3,(H,29,30). The minimum atomic E-state index is -0.757. The van der Waals surface area contributed by atoms with Crippen molar-refractivity contribution in [1.29, 1.82) is 0 Å². The van der Waals surface area contributed by atoms with Crippen LogP contribution in [0.5, 0.6) is 11.5 Å². The minimum absolute atomic E-state index is 0.0154. The smallest absolute Gasteiger partial charge is 0.305 e. The van der Waals surface area contributed by atoms with Gasteiger partial charge in [-0.05, 0) is 66.3 Å². The topological polar surface area (TPSA) is 59.0 Å². The number of anilines is 1. The molecule has 1 aliphatic heterocycles. The SMILES string of the molecule is COc1cccc(-c2ccc(COc3ccccc3N3CCCC3CC(=O)O)cc2C)c1. The van der Waals surface area contributed by atoms with Crippen molar-refractivity contribution >= 4 is 11.7 Å². The number of hydrogen-bond acceptors (Lipinski definition) is 4. The van der Waals surface area contributed by atoms with Crippen LogP contribution in [-0.4, -0.2) is 30.8 Å². The maximum absolute atomic E-state index is 11.3. The molecule has 3 aromatic carbocycles. The molecular formula is C27H29NO4. The van der Waals surface area contributed by atoms with E-state index in [9.17, 15) is 9.90 Å². The van der Waals surface area contributed by atoms with Crippen molar-refractivity contribution in [2.24, 2.45) is 0 Å². The molecule has 4 rings (SSSR count). The van der Waals surface area contributed by atoms with Crippen LogP contribution >= 0.6 is 0 Å². The van der Waals surface area contributed by atoms with E-state index in [2.05, 4.69) is 36.1 Å². The van der Waals surface area contributed by atoms with Crippen LogP contribution in [0.1, 0.15) is 30.4 Å². The summed E-state index contributed by atoms with van der Waals surface area (Å²) in [7, 11) is 1.68. The van der Waals surface area contributed by atoms with Gasteiger partial charge in [0.2, 0.25) is 0 Å². The van der Waals surface area contributed by atoms with E-state index < -0.39 is 5.97 Å². The fourth-order valence-corrected chi connectivity index (χ4v) is 4.47. The van der Waals surface area contributed by atoms with Gasteiger partial charge in [0, 0.05) is 12.6 Å². The third-order valence-corrected chi connectivity index (χ3v) is 6.03. The number of methoxy groups -OCH3 is 1. The molecule has 0 saturated carbocycles. The summed E-state index contributed by atoms with van der Waals surface area (Å²) in [5.41, 5.74) is 5.53. The number of aliphatic carboxylic acids is 1. The van der Waals surface area contributed by atoms with E-state index in [4.69, 9.17) is 9.47 Å². The van der Waals surface area contributed by atoms with Gasteiger partial charge in [-0.15, -0.1) is 0 Å². The molecule has 1 saturated heterocycles. The summed E-state index contributed by atoms with van der Waals surface area (Å²) >= 11 is 0. The molecule has 0 spiro atoms. The Labute approximate surface area is 189 Å². The van der Waals surface area contributed by atoms with Crippen LogP contribution in [0.15, 0.2) is 66.7 Å². The number of rotatable bonds is 8. The van der Waals surface area contributed by atoms with Crippen LogP contribution in [0.25, 0.3) is 11.1 Å². The molecule has 1 heterocycles. The Bertz CT molecular complexity index is 1090. The third-order valence-electron chi connectivity index (χ3n) is 6.03. The molecule has 0 bridgehead atoms. The number of carbonyl (C=O) groups is 1. The minimum Gasteiger partial charge on any atom is -0.497 e. The highest BCUT2D eigenvalue weighted by atomic mass is 16.5. The first-order valence-electron chi connectivity index (χ1n) is 11.0. The predicted octanol–water partition coefficient (Wildman–Crippen LogP) is 5.69. The second kappa shape index (κ2) is 9.77. The van der Waals surface area contributed by atoms with E-state index in [0.29, 0.717) is 6.61 Å². The molecule has 1 unspecified atom stereocenters. The Morgan fingerprint density at radius 2 is 1.94 bits per heavy atom. The van der Waals surface area contributed by atoms with Crippen LogP contribution < -0.4 is 14.4 Å². The number of carboxylic acid groups (broad SMARTS) is 1. The summed E-state index contributed by atoms with van der Waals surface area (Å²) in [6.45, 7) is 3.41. The van der Waals surface area contributed by atoms with E-state index in [1.807, 2.05) is 42.5 Å². The molecule has 1 fully saturated rings. The lowest BCUT2D eigenvalue weighted by Gasteiger charge is -2.27. The van der Waals surface area contributed by atoms with Gasteiger partial charge in [0.05, 0.1) is 19.2 Å². The number of carboxylic acids is 1. The second-order valence-electron chi connectivity index (χ2n) is 8.22. The van der Waals surface area contributed by atoms with Crippen molar-refractivity contribution in [2.75, 3.05) is 18.6 Å². The van der Waals surface area contributed by atoms with E-state index in [0.717, 1.165) is 47.7 Å². The van der Waals surface area contributed by atoms with Crippen LogP contribution in [0.3, 0.4) is 0 Å². The molecule has 0 amide bonds. The average Bonchev–Trinajstić information content (AvgIpc) is 3.25. The maximum atomic E-state index is 11.3. The lowest BCUT2D eigenvalue weighted by Crippen LogP contribution is -2.31. The van der Waals surface area contributed by atoms with Gasteiger partial charge in [-0.2, -0.15) is 0 Å². The molecule has 0 aromatic heterocycles. The Balaban J connectivity index is 1.50. The van der Waals surface area contributed by atoms with Crippen molar-refractivity contribution in [3.63, 3.8) is 0 Å². The molecule has 5 nitrogen and oxygen atoms in total. The summed E-state index contributed by atoms with van der Waals surface area (Å²) < 4.78 is 11.6. The van der Waals surface area contributed by atoms with E-state index in [1.54, 1.807) is 7.11 Å². The summed E-state index contributed by atoms with van der Waals surface area (Å²) in [6.07, 6.45) is 2.04. The number of hydrogen-bond donors (Lipinski definition) is 1. The molecule has 5 heteroatoms. The quantitative estimate of drug-likeness (QED) is 0.496. The number of ether oxygens (including phenoxy) is 2. The van der Waals surface area contributed by atoms with Gasteiger partial charge in [-0.3, -0.25) is 4.79 Å². The maximum Gasteiger partial charge on any atom is 0.305 e. The van der Waals surface area contributed by atoms with Crippen molar-refractivity contribution in [1.82, 2.24) is 0 Å². The lowest BCUT2D eigenvalue weighted by molar-refractivity contribution is -0.137. The van der Waals surface area contributed by atoms with Gasteiger partial charge in [0.25, 0.3) is 0 Å². The summed E-state index contributed by atoms with van der Waals surface area (Å²) in [4.78, 5) is 13.4. The first-order valence-corrected chi connectivity index (χ1v) is 11.0. The van der Waals surface area contributed by atoms with Gasteiger partial charge in [0.15, 0.2) is 0 Å². The Morgan fingerprint density at radius 1 is 1.09 bits per heavy atom. The van der Waals surface area contributed by atoms with Crippen LogP contribution in [0.2, 0.25) is 0 Å². The van der Waals surface area contributed by atoms with Crippen molar-refractivity contribution in [2.45, 2.75) is 38.8 Å². The number of para-hydroxylation sites is 2. The van der Waals surface area contributed by atoms with Crippen LogP contribution in [0.4, 0.5) is 5.69 Å². The molecule has 0 aliphatic carbocycles. The van der Waals surface area contributed by atoms with Gasteiger partial charge in [-0.1, -0.05) is 42.5 Å². The van der Waals surface area contributed by atoms with Gasteiger partial charge in [-0.25, -0.2) is 0 Å². The highest BCUT2D eigenvalue weighted by molar-refractivity contribution is 5.70. The zero-order valence-corrected chi connectivity index (χ0v) is 18.6. The van der Waals surface area contributed by atoms with E-state index >= 15 is 0 Å². The number of aryl methyl sites for hydroxylation is 1. The third kappa shape index (κ3) is 4.88. The van der Waals surface area contributed by atoms with Crippen LogP contribution in [0, 0.1) is 6.92 Å². The van der Waals surface area contributed by atoms with E-state index in [-0.39, 0.29) is 12.5 Å². The van der Waals surface area contributed by atoms with Crippen molar-refractivity contribution in [3.05, 3.63) is 77.9 Å². The number of benzene rings is 3. The normalized spacial score (nSPS) is 15.6. The largest absolute Gasteiger partial charge is 0.497 e. The van der Waals surface area contributed by atoms with Gasteiger partial charge >= 0.3 is 5.97 Å². The molecule has 166 valence electrons. The molecule has 0 radical (unpaired) electrons. The second-order valence-corrected chi connectivity index (χ2v) is 8.22. The van der Waals surface area contributed by atoms with Crippen molar-refractivity contribution in [3.8, 4) is 22.6 Å². The highest BCUT2D eigenvalue weighted by Gasteiger charge is 2.28. The zero-order chi connectivity index (χ0) is 22.5. The first-order chi connectivity index (χ1) is 15.5. The fourth-order valence-electron chi connectivity index (χ4n) is 4.47. The molecule has 3 aromatic rings. The van der Waals surface area contributed by atoms with Gasteiger partial charge in [0.1, 0.15) is 18.1 Å². The monoisotopic (exact) mass is 431 g/mol. The molecular weight excluding hydrogens is 402 g/mol. The summed E-state index contributed by atoms with van der Waals surface area (Å²) in [5.74, 6) is 0.875. The van der Waals surface area contributed by atoms with E-state index in [1.165, 1.54) is 11.1 Å². The number of nitrogens with zero attached hydrogens (tertiary/aromatic N) is 1. The van der Waals surface area contributed by atoms with Gasteiger partial charge < -0.3 is 19.5 Å². The first kappa shape index (κ1) is 21.8. The molecule has 1 aliphatic rings. The zero-order valence-electron chi connectivity index (χ0n) is 18.6. The summed E-state index contributed by atoms with van der Waals surface area (Å²) in [6, 6.07) is 22.4. The molecule has 32 heavy (non-hydrogen) atoms. The summed E-state index contributed by atoms with van der Waals surface area (Å²) in [5, 5.41) is 9.26. The highest BCUT2D eigenvalue weighted by Crippen LogP contribution is 2.35. The Kier molecular flexibility index (Phi) is 6.64. The lowest BCUT2D eigenvalue weighted by atomic mass is 9.98.